The van der Waals surface area contributed by atoms with Gasteiger partial charge in [0.2, 0.25) is 10.0 Å². The van der Waals surface area contributed by atoms with E-state index >= 15 is 0 Å². The van der Waals surface area contributed by atoms with Crippen molar-refractivity contribution in [1.29, 1.82) is 0 Å². The molecule has 146 valence electrons. The lowest BCUT2D eigenvalue weighted by Gasteiger charge is -2.16. The lowest BCUT2D eigenvalue weighted by molar-refractivity contribution is -0.142. The molecule has 0 atom stereocenters. The average Bonchev–Trinajstić information content (AvgIpc) is 3.16. The molecule has 1 fully saturated rings. The molecule has 0 aliphatic carbocycles. The number of ether oxygens (including phenoxy) is 1. The zero-order valence-corrected chi connectivity index (χ0v) is 15.2. The van der Waals surface area contributed by atoms with Gasteiger partial charge in [-0.2, -0.15) is 22.6 Å². The fourth-order valence-corrected chi connectivity index (χ4v) is 5.00. The number of hydrogen-bond donors (Lipinski definition) is 0. The van der Waals surface area contributed by atoms with Gasteiger partial charge in [-0.15, -0.1) is 0 Å². The number of sulfonamides is 1. The first-order valence-electron chi connectivity index (χ1n) is 8.58. The number of rotatable bonds is 3. The van der Waals surface area contributed by atoms with Crippen LogP contribution in [0.4, 0.5) is 13.2 Å². The lowest BCUT2D eigenvalue weighted by Crippen LogP contribution is -2.25. The number of halogens is 3. The fourth-order valence-electron chi connectivity index (χ4n) is 3.50. The van der Waals surface area contributed by atoms with Gasteiger partial charge in [0.15, 0.2) is 5.69 Å². The molecule has 3 heterocycles. The Hall–Kier alpha value is -1.91. The predicted molar refractivity (Wildman–Crippen MR) is 90.7 cm³/mol. The van der Waals surface area contributed by atoms with Crippen molar-refractivity contribution < 1.29 is 26.3 Å². The summed E-state index contributed by atoms with van der Waals surface area (Å²) in [5.41, 5.74) is 0.982. The molecule has 6 nitrogen and oxygen atoms in total. The second-order valence-electron chi connectivity index (χ2n) is 6.66. The van der Waals surface area contributed by atoms with E-state index in [-0.39, 0.29) is 37.5 Å². The van der Waals surface area contributed by atoms with Crippen LogP contribution in [0.5, 0.6) is 0 Å². The summed E-state index contributed by atoms with van der Waals surface area (Å²) >= 11 is 0. The Bertz CT molecular complexity index is 952. The molecular formula is C17H18F3N3O3S. The molecule has 0 bridgehead atoms. The Morgan fingerprint density at radius 2 is 1.93 bits per heavy atom. The lowest BCUT2D eigenvalue weighted by atomic mass is 10.1. The maximum atomic E-state index is 13.3. The van der Waals surface area contributed by atoms with Gasteiger partial charge in [-0.05, 0) is 30.5 Å². The molecule has 1 aromatic heterocycles. The second-order valence-corrected chi connectivity index (χ2v) is 8.74. The van der Waals surface area contributed by atoms with Crippen LogP contribution in [0.3, 0.4) is 0 Å². The van der Waals surface area contributed by atoms with Gasteiger partial charge in [-0.1, -0.05) is 12.1 Å². The van der Waals surface area contributed by atoms with Crippen molar-refractivity contribution in [2.75, 3.05) is 18.9 Å². The Labute approximate surface area is 154 Å². The van der Waals surface area contributed by atoms with Crippen molar-refractivity contribution in [1.82, 2.24) is 14.1 Å². The minimum atomic E-state index is -4.52. The van der Waals surface area contributed by atoms with Crippen LogP contribution in [0.25, 0.3) is 5.69 Å². The second kappa shape index (κ2) is 6.61. The zero-order chi connectivity index (χ0) is 19.2. The van der Waals surface area contributed by atoms with E-state index in [1.54, 1.807) is 24.3 Å². The molecule has 2 aliphatic heterocycles. The summed E-state index contributed by atoms with van der Waals surface area (Å²) in [4.78, 5) is 0. The van der Waals surface area contributed by atoms with E-state index in [0.29, 0.717) is 24.3 Å². The van der Waals surface area contributed by atoms with Crippen LogP contribution in [0.15, 0.2) is 24.3 Å². The zero-order valence-electron chi connectivity index (χ0n) is 14.4. The molecule has 0 spiro atoms. The van der Waals surface area contributed by atoms with Crippen LogP contribution in [-0.4, -0.2) is 41.4 Å². The van der Waals surface area contributed by atoms with Gasteiger partial charge in [0.25, 0.3) is 0 Å². The van der Waals surface area contributed by atoms with Gasteiger partial charge < -0.3 is 4.74 Å². The monoisotopic (exact) mass is 401 g/mol. The maximum Gasteiger partial charge on any atom is 0.435 e. The normalized spacial score (nSPS) is 20.0. The minimum Gasteiger partial charge on any atom is -0.375 e. The molecule has 2 aromatic rings. The van der Waals surface area contributed by atoms with Gasteiger partial charge in [0.05, 0.1) is 30.3 Å². The summed E-state index contributed by atoms with van der Waals surface area (Å²) in [6.45, 7) is 1.07. The molecule has 0 unspecified atom stereocenters. The predicted octanol–water partition coefficient (Wildman–Crippen LogP) is 2.50. The van der Waals surface area contributed by atoms with Gasteiger partial charge in [0.1, 0.15) is 0 Å². The molecular weight excluding hydrogens is 383 g/mol. The van der Waals surface area contributed by atoms with Gasteiger partial charge in [-0.3, -0.25) is 0 Å². The molecule has 0 radical (unpaired) electrons. The first kappa shape index (κ1) is 18.5. The van der Waals surface area contributed by atoms with Gasteiger partial charge in [0, 0.05) is 18.7 Å². The number of hydrogen-bond acceptors (Lipinski definition) is 4. The largest absolute Gasteiger partial charge is 0.435 e. The van der Waals surface area contributed by atoms with E-state index in [9.17, 15) is 21.6 Å². The van der Waals surface area contributed by atoms with Crippen molar-refractivity contribution in [2.45, 2.75) is 32.2 Å². The molecule has 0 N–H and O–H groups in total. The van der Waals surface area contributed by atoms with Crippen molar-refractivity contribution in [3.05, 3.63) is 46.8 Å². The number of nitrogens with zero attached hydrogens (tertiary/aromatic N) is 3. The molecule has 0 amide bonds. The van der Waals surface area contributed by atoms with Crippen molar-refractivity contribution >= 4 is 10.0 Å². The van der Waals surface area contributed by atoms with E-state index < -0.39 is 21.9 Å². The van der Waals surface area contributed by atoms with Crippen LogP contribution in [0.1, 0.15) is 28.9 Å². The average molecular weight is 401 g/mol. The summed E-state index contributed by atoms with van der Waals surface area (Å²) in [5.74, 6) is 0.157. The quantitative estimate of drug-likeness (QED) is 0.793. The molecule has 2 aliphatic rings. The van der Waals surface area contributed by atoms with E-state index in [4.69, 9.17) is 4.74 Å². The Kier molecular flexibility index (Phi) is 4.52. The molecule has 27 heavy (non-hydrogen) atoms. The summed E-state index contributed by atoms with van der Waals surface area (Å²) in [6, 6.07) is 6.74. The molecule has 1 saturated heterocycles. The summed E-state index contributed by atoms with van der Waals surface area (Å²) in [6.07, 6.45) is -3.73. The number of fused-ring (bicyclic) bond motifs is 1. The third-order valence-electron chi connectivity index (χ3n) is 4.84. The molecule has 0 saturated carbocycles. The third-order valence-corrected chi connectivity index (χ3v) is 6.74. The van der Waals surface area contributed by atoms with Gasteiger partial charge >= 0.3 is 6.18 Å². The van der Waals surface area contributed by atoms with Crippen molar-refractivity contribution in [2.24, 2.45) is 0 Å². The fraction of sp³-hybridized carbons (Fsp3) is 0.471. The molecule has 1 aromatic carbocycles. The van der Waals surface area contributed by atoms with Crippen LogP contribution < -0.4 is 0 Å². The van der Waals surface area contributed by atoms with Crippen molar-refractivity contribution in [3.63, 3.8) is 0 Å². The third kappa shape index (κ3) is 3.48. The van der Waals surface area contributed by atoms with Crippen LogP contribution in [0, 0.1) is 0 Å². The number of alkyl halides is 3. The highest BCUT2D eigenvalue weighted by molar-refractivity contribution is 7.89. The standard InChI is InChI=1S/C17H18F3N3O3S/c18-17(19,20)16-14-6-8-26-11-15(14)23(21-16)13-4-2-12(3-5-13)10-22-7-1-9-27(22,24)25/h2-5H,1,6-11H2. The summed E-state index contributed by atoms with van der Waals surface area (Å²) < 4.78 is 71.7. The Morgan fingerprint density at radius 1 is 1.19 bits per heavy atom. The minimum absolute atomic E-state index is 0.0756. The topological polar surface area (TPSA) is 64.4 Å². The molecule has 10 heteroatoms. The highest BCUT2D eigenvalue weighted by Gasteiger charge is 2.40. The summed E-state index contributed by atoms with van der Waals surface area (Å²) in [7, 11) is -3.20. The Balaban J connectivity index is 1.64. The first-order chi connectivity index (χ1) is 12.8. The summed E-state index contributed by atoms with van der Waals surface area (Å²) in [5, 5.41) is 3.79. The highest BCUT2D eigenvalue weighted by atomic mass is 32.2. The number of aromatic nitrogens is 2. The van der Waals surface area contributed by atoms with E-state index in [1.165, 1.54) is 8.99 Å². The maximum absolute atomic E-state index is 13.3. The van der Waals surface area contributed by atoms with Crippen LogP contribution in [-0.2, 0) is 40.5 Å². The van der Waals surface area contributed by atoms with Gasteiger partial charge in [-0.25, -0.2) is 13.1 Å². The smallest absolute Gasteiger partial charge is 0.375 e. The van der Waals surface area contributed by atoms with E-state index in [2.05, 4.69) is 5.10 Å². The van der Waals surface area contributed by atoms with Crippen molar-refractivity contribution in [3.8, 4) is 5.69 Å². The van der Waals surface area contributed by atoms with E-state index in [0.717, 1.165) is 5.56 Å². The van der Waals surface area contributed by atoms with Crippen LogP contribution in [0.2, 0.25) is 0 Å². The number of benzene rings is 1. The van der Waals surface area contributed by atoms with Crippen LogP contribution >= 0.6 is 0 Å². The molecule has 4 rings (SSSR count). The SMILES string of the molecule is O=S1(=O)CCCN1Cc1ccc(-n2nc(C(F)(F)F)c3c2COCC3)cc1. The Morgan fingerprint density at radius 3 is 2.56 bits per heavy atom. The highest BCUT2D eigenvalue weighted by Crippen LogP contribution is 2.35. The van der Waals surface area contributed by atoms with E-state index in [1.807, 2.05) is 0 Å². The first-order valence-corrected chi connectivity index (χ1v) is 10.2.